The zero-order chi connectivity index (χ0) is 20.9. The molecule has 0 aliphatic heterocycles. The van der Waals surface area contributed by atoms with Crippen LogP contribution in [0, 0.1) is 12.7 Å². The summed E-state index contributed by atoms with van der Waals surface area (Å²) in [4.78, 5) is 16.6. The Hall–Kier alpha value is -2.82. The van der Waals surface area contributed by atoms with Gasteiger partial charge in [0.25, 0.3) is 0 Å². The van der Waals surface area contributed by atoms with Crippen molar-refractivity contribution in [2.45, 2.75) is 11.3 Å². The molecule has 0 aliphatic carbocycles. The molecule has 0 unspecified atom stereocenters. The number of carbonyl (C=O) groups is 1. The first-order valence-electron chi connectivity index (χ1n) is 8.86. The van der Waals surface area contributed by atoms with Crippen molar-refractivity contribution in [1.29, 1.82) is 0 Å². The Labute approximate surface area is 184 Å². The molecule has 0 fully saturated rings. The smallest absolute Gasteiger partial charge is 0.236 e. The second-order valence-electron chi connectivity index (χ2n) is 6.25. The number of aromatic nitrogens is 3. The highest BCUT2D eigenvalue weighted by molar-refractivity contribution is 8.01. The Bertz CT molecular complexity index is 1160. The van der Waals surface area contributed by atoms with Crippen LogP contribution in [-0.2, 0) is 4.79 Å². The summed E-state index contributed by atoms with van der Waals surface area (Å²) in [5.41, 5.74) is 3.59. The summed E-state index contributed by atoms with van der Waals surface area (Å²) in [5.74, 6) is -0.276. The highest BCUT2D eigenvalue weighted by Crippen LogP contribution is 2.29. The number of carbonyl (C=O) groups excluding carboxylic acids is 1. The lowest BCUT2D eigenvalue weighted by Gasteiger charge is -2.02. The van der Waals surface area contributed by atoms with Gasteiger partial charge in [0.1, 0.15) is 5.82 Å². The number of aryl methyl sites for hydroxylation is 1. The predicted molar refractivity (Wildman–Crippen MR) is 121 cm³/mol. The number of amides is 1. The largest absolute Gasteiger partial charge is 0.330 e. The molecule has 2 N–H and O–H groups in total. The molecule has 0 aliphatic rings. The molecule has 0 radical (unpaired) electrons. The molecule has 10 heteroatoms. The maximum absolute atomic E-state index is 13.0. The van der Waals surface area contributed by atoms with Crippen LogP contribution in [0.5, 0.6) is 0 Å². The first-order chi connectivity index (χ1) is 14.5. The van der Waals surface area contributed by atoms with Crippen LogP contribution in [0.2, 0.25) is 0 Å². The van der Waals surface area contributed by atoms with Gasteiger partial charge in [0, 0.05) is 16.6 Å². The van der Waals surface area contributed by atoms with Crippen LogP contribution >= 0.6 is 34.4 Å². The van der Waals surface area contributed by atoms with Gasteiger partial charge in [-0.05, 0) is 48.9 Å². The van der Waals surface area contributed by atoms with E-state index in [-0.39, 0.29) is 17.5 Å². The molecule has 30 heavy (non-hydrogen) atoms. The molecule has 0 spiro atoms. The molecule has 0 atom stereocenters. The standard InChI is InChI=1S/C20H16FN5OS3/c1-12-3-2-4-15(9-12)22-19-25-26-20(30-19)29-11-17(27)24-18-23-16(10-28-18)13-5-7-14(21)8-6-13/h2-10H,11H2,1H3,(H,22,25)(H,23,24,27). The Balaban J connectivity index is 1.29. The van der Waals surface area contributed by atoms with Crippen molar-refractivity contribution in [2.24, 2.45) is 0 Å². The minimum atomic E-state index is -0.298. The second kappa shape index (κ2) is 9.33. The van der Waals surface area contributed by atoms with Crippen molar-refractivity contribution in [3.05, 3.63) is 65.3 Å². The van der Waals surface area contributed by atoms with Crippen LogP contribution < -0.4 is 10.6 Å². The molecule has 2 aromatic carbocycles. The molecule has 4 aromatic rings. The van der Waals surface area contributed by atoms with Crippen molar-refractivity contribution in [3.63, 3.8) is 0 Å². The van der Waals surface area contributed by atoms with Crippen LogP contribution in [0.4, 0.5) is 20.3 Å². The summed E-state index contributed by atoms with van der Waals surface area (Å²) in [6, 6.07) is 14.1. The average molecular weight is 458 g/mol. The number of halogens is 1. The van der Waals surface area contributed by atoms with Gasteiger partial charge in [-0.2, -0.15) is 0 Å². The van der Waals surface area contributed by atoms with Crippen LogP contribution in [0.15, 0.2) is 58.3 Å². The van der Waals surface area contributed by atoms with Crippen LogP contribution in [0.3, 0.4) is 0 Å². The topological polar surface area (TPSA) is 79.8 Å². The fourth-order valence-electron chi connectivity index (χ4n) is 2.53. The van der Waals surface area contributed by atoms with Crippen LogP contribution in [0.1, 0.15) is 5.56 Å². The number of nitrogens with zero attached hydrogens (tertiary/aromatic N) is 3. The van der Waals surface area contributed by atoms with E-state index in [9.17, 15) is 9.18 Å². The number of rotatable bonds is 7. The van der Waals surface area contributed by atoms with Gasteiger partial charge in [-0.1, -0.05) is 35.2 Å². The number of anilines is 3. The summed E-state index contributed by atoms with van der Waals surface area (Å²) < 4.78 is 13.7. The van der Waals surface area contributed by atoms with Gasteiger partial charge in [-0.3, -0.25) is 4.79 Å². The monoisotopic (exact) mass is 457 g/mol. The highest BCUT2D eigenvalue weighted by Gasteiger charge is 2.11. The first kappa shape index (κ1) is 20.5. The summed E-state index contributed by atoms with van der Waals surface area (Å²) in [6.07, 6.45) is 0. The molecular weight excluding hydrogens is 441 g/mol. The van der Waals surface area contributed by atoms with E-state index in [1.54, 1.807) is 12.1 Å². The quantitative estimate of drug-likeness (QED) is 0.353. The number of thioether (sulfide) groups is 1. The number of hydrogen-bond donors (Lipinski definition) is 2. The van der Waals surface area contributed by atoms with Crippen molar-refractivity contribution in [3.8, 4) is 11.3 Å². The minimum Gasteiger partial charge on any atom is -0.330 e. The van der Waals surface area contributed by atoms with E-state index in [4.69, 9.17) is 0 Å². The lowest BCUT2D eigenvalue weighted by Crippen LogP contribution is -2.13. The SMILES string of the molecule is Cc1cccc(Nc2nnc(SCC(=O)Nc3nc(-c4ccc(F)cc4)cs3)s2)c1. The maximum Gasteiger partial charge on any atom is 0.236 e. The Morgan fingerprint density at radius 1 is 1.13 bits per heavy atom. The maximum atomic E-state index is 13.0. The third-order valence-electron chi connectivity index (χ3n) is 3.89. The van der Waals surface area contributed by atoms with Crippen LogP contribution in [-0.4, -0.2) is 26.8 Å². The molecular formula is C20H16FN5OS3. The van der Waals surface area contributed by atoms with E-state index in [0.29, 0.717) is 20.3 Å². The molecule has 2 heterocycles. The Kier molecular flexibility index (Phi) is 6.36. The summed E-state index contributed by atoms with van der Waals surface area (Å²) in [7, 11) is 0. The minimum absolute atomic E-state index is 0.177. The average Bonchev–Trinajstić information content (AvgIpc) is 3.37. The molecule has 1 amide bonds. The van der Waals surface area contributed by atoms with Crippen molar-refractivity contribution < 1.29 is 9.18 Å². The van der Waals surface area contributed by atoms with Crippen molar-refractivity contribution >= 4 is 56.3 Å². The fraction of sp³-hybridized carbons (Fsp3) is 0.100. The van der Waals surface area contributed by atoms with Gasteiger partial charge >= 0.3 is 0 Å². The third-order valence-corrected chi connectivity index (χ3v) is 6.62. The second-order valence-corrected chi connectivity index (χ2v) is 9.31. The van der Waals surface area contributed by atoms with Gasteiger partial charge < -0.3 is 10.6 Å². The first-order valence-corrected chi connectivity index (χ1v) is 11.5. The number of thiazole rings is 1. The number of nitrogens with one attached hydrogen (secondary N) is 2. The van der Waals surface area contributed by atoms with Gasteiger partial charge in [-0.25, -0.2) is 9.37 Å². The van der Waals surface area contributed by atoms with Crippen LogP contribution in [0.25, 0.3) is 11.3 Å². The van der Waals surface area contributed by atoms with Gasteiger partial charge in [-0.15, -0.1) is 21.5 Å². The molecule has 6 nitrogen and oxygen atoms in total. The Morgan fingerprint density at radius 3 is 2.77 bits per heavy atom. The van der Waals surface area contributed by atoms with E-state index in [0.717, 1.165) is 16.8 Å². The molecule has 4 rings (SSSR count). The van der Waals surface area contributed by atoms with E-state index in [1.807, 2.05) is 36.6 Å². The molecule has 152 valence electrons. The highest BCUT2D eigenvalue weighted by atomic mass is 32.2. The van der Waals surface area contributed by atoms with E-state index >= 15 is 0 Å². The molecule has 0 saturated carbocycles. The molecule has 2 aromatic heterocycles. The van der Waals surface area contributed by atoms with Crippen molar-refractivity contribution in [1.82, 2.24) is 15.2 Å². The molecule has 0 saturated heterocycles. The lowest BCUT2D eigenvalue weighted by molar-refractivity contribution is -0.113. The normalized spacial score (nSPS) is 10.7. The predicted octanol–water partition coefficient (Wildman–Crippen LogP) is 5.58. The summed E-state index contributed by atoms with van der Waals surface area (Å²) in [6.45, 7) is 2.02. The summed E-state index contributed by atoms with van der Waals surface area (Å²) >= 11 is 4.03. The molecule has 0 bridgehead atoms. The van der Waals surface area contributed by atoms with Gasteiger partial charge in [0.2, 0.25) is 11.0 Å². The zero-order valence-corrected chi connectivity index (χ0v) is 18.2. The Morgan fingerprint density at radius 2 is 1.97 bits per heavy atom. The van der Waals surface area contributed by atoms with E-state index < -0.39 is 0 Å². The number of benzene rings is 2. The van der Waals surface area contributed by atoms with E-state index in [2.05, 4.69) is 25.8 Å². The summed E-state index contributed by atoms with van der Waals surface area (Å²) in [5, 5.41) is 17.2. The zero-order valence-electron chi connectivity index (χ0n) is 15.8. The fourth-order valence-corrected chi connectivity index (χ4v) is 4.84. The third kappa shape index (κ3) is 5.41. The van der Waals surface area contributed by atoms with Gasteiger partial charge in [0.05, 0.1) is 11.4 Å². The van der Waals surface area contributed by atoms with Gasteiger partial charge in [0.15, 0.2) is 9.47 Å². The van der Waals surface area contributed by atoms with Crippen molar-refractivity contribution in [2.75, 3.05) is 16.4 Å². The number of hydrogen-bond acceptors (Lipinski definition) is 8. The van der Waals surface area contributed by atoms with E-state index in [1.165, 1.54) is 46.6 Å². The lowest BCUT2D eigenvalue weighted by atomic mass is 10.2.